The molecule has 106 valence electrons. The van der Waals surface area contributed by atoms with Crippen LogP contribution in [-0.4, -0.2) is 0 Å². The zero-order valence-electron chi connectivity index (χ0n) is 13.6. The molecule has 4 unspecified atom stereocenters. The third-order valence-corrected chi connectivity index (χ3v) is 5.23. The van der Waals surface area contributed by atoms with Crippen molar-refractivity contribution < 1.29 is 0 Å². The summed E-state index contributed by atoms with van der Waals surface area (Å²) in [6.07, 6.45) is 7.09. The number of hydrogen-bond acceptors (Lipinski definition) is 0. The van der Waals surface area contributed by atoms with E-state index in [4.69, 9.17) is 0 Å². The van der Waals surface area contributed by atoms with Gasteiger partial charge >= 0.3 is 0 Å². The average Bonchev–Trinajstić information content (AvgIpc) is 2.25. The van der Waals surface area contributed by atoms with Crippen molar-refractivity contribution >= 4 is 0 Å². The normalized spacial score (nSPS) is 31.1. The van der Waals surface area contributed by atoms with E-state index in [0.717, 1.165) is 17.8 Å². The van der Waals surface area contributed by atoms with Crippen LogP contribution in [0.25, 0.3) is 0 Å². The minimum absolute atomic E-state index is 0.366. The summed E-state index contributed by atoms with van der Waals surface area (Å²) in [4.78, 5) is 0. The van der Waals surface area contributed by atoms with Crippen LogP contribution in [0.2, 0.25) is 0 Å². The molecular weight excluding hydrogens is 216 g/mol. The minimum atomic E-state index is 0.366. The Bertz CT molecular complexity index is 268. The lowest BCUT2D eigenvalue weighted by atomic mass is 9.65. The highest BCUT2D eigenvalue weighted by Gasteiger charge is 2.33. The van der Waals surface area contributed by atoms with Gasteiger partial charge in [-0.3, -0.25) is 0 Å². The summed E-state index contributed by atoms with van der Waals surface area (Å²) in [6.45, 7) is 18.4. The maximum atomic E-state index is 4.25. The van der Waals surface area contributed by atoms with E-state index in [9.17, 15) is 0 Å². The van der Waals surface area contributed by atoms with Crippen molar-refractivity contribution in [2.75, 3.05) is 0 Å². The van der Waals surface area contributed by atoms with Crippen LogP contribution in [0.5, 0.6) is 0 Å². The van der Waals surface area contributed by atoms with Crippen molar-refractivity contribution in [2.45, 2.75) is 73.6 Å². The maximum Gasteiger partial charge on any atom is -0.0157 e. The first-order valence-electron chi connectivity index (χ1n) is 7.91. The summed E-state index contributed by atoms with van der Waals surface area (Å²) in [6, 6.07) is 0. The zero-order chi connectivity index (χ0) is 13.9. The summed E-state index contributed by atoms with van der Waals surface area (Å²) in [5.74, 6) is 3.50. The van der Waals surface area contributed by atoms with Gasteiger partial charge in [0, 0.05) is 0 Å². The second-order valence-corrected chi connectivity index (χ2v) is 7.83. The Morgan fingerprint density at radius 2 is 1.89 bits per heavy atom. The first kappa shape index (κ1) is 15.8. The fourth-order valence-electron chi connectivity index (χ4n) is 3.81. The Morgan fingerprint density at radius 3 is 2.33 bits per heavy atom. The van der Waals surface area contributed by atoms with Gasteiger partial charge in [-0.05, 0) is 48.9 Å². The lowest BCUT2D eigenvalue weighted by Gasteiger charge is -2.40. The molecule has 0 aromatic heterocycles. The molecule has 1 rings (SSSR count). The number of rotatable bonds is 4. The molecule has 0 radical (unpaired) electrons. The SMILES string of the molecule is C=C(C)C(CC1CC(CC)CCC1C)C(C)(C)C. The molecule has 0 aromatic rings. The van der Waals surface area contributed by atoms with Crippen molar-refractivity contribution in [3.8, 4) is 0 Å². The van der Waals surface area contributed by atoms with Gasteiger partial charge in [0.25, 0.3) is 0 Å². The molecule has 4 atom stereocenters. The lowest BCUT2D eigenvalue weighted by molar-refractivity contribution is 0.133. The van der Waals surface area contributed by atoms with Crippen molar-refractivity contribution in [2.24, 2.45) is 29.1 Å². The molecule has 0 heterocycles. The molecule has 0 saturated heterocycles. The Hall–Kier alpha value is -0.260. The van der Waals surface area contributed by atoms with E-state index in [2.05, 4.69) is 48.1 Å². The topological polar surface area (TPSA) is 0 Å². The van der Waals surface area contributed by atoms with Crippen molar-refractivity contribution in [3.05, 3.63) is 12.2 Å². The fourth-order valence-corrected chi connectivity index (χ4v) is 3.81. The van der Waals surface area contributed by atoms with Crippen LogP contribution in [0, 0.1) is 29.1 Å². The quantitative estimate of drug-likeness (QED) is 0.531. The van der Waals surface area contributed by atoms with Crippen molar-refractivity contribution in [1.29, 1.82) is 0 Å². The molecule has 1 aliphatic rings. The predicted octanol–water partition coefficient (Wildman–Crippen LogP) is 6.08. The zero-order valence-corrected chi connectivity index (χ0v) is 13.6. The summed E-state index contributed by atoms with van der Waals surface area (Å²) in [5.41, 5.74) is 1.75. The minimum Gasteiger partial charge on any atom is -0.0998 e. The second-order valence-electron chi connectivity index (χ2n) is 7.83. The predicted molar refractivity (Wildman–Crippen MR) is 82.7 cm³/mol. The van der Waals surface area contributed by atoms with Crippen molar-refractivity contribution in [1.82, 2.24) is 0 Å². The molecular formula is C18H34. The van der Waals surface area contributed by atoms with E-state index in [-0.39, 0.29) is 0 Å². The maximum absolute atomic E-state index is 4.25. The molecule has 18 heavy (non-hydrogen) atoms. The highest BCUT2D eigenvalue weighted by atomic mass is 14.4. The van der Waals surface area contributed by atoms with E-state index >= 15 is 0 Å². The van der Waals surface area contributed by atoms with Gasteiger partial charge in [-0.2, -0.15) is 0 Å². The van der Waals surface area contributed by atoms with Crippen LogP contribution in [0.1, 0.15) is 73.6 Å². The third-order valence-electron chi connectivity index (χ3n) is 5.23. The molecule has 1 saturated carbocycles. The first-order valence-corrected chi connectivity index (χ1v) is 7.91. The van der Waals surface area contributed by atoms with E-state index in [1.165, 1.54) is 37.7 Å². The summed E-state index contributed by atoms with van der Waals surface area (Å²) >= 11 is 0. The summed E-state index contributed by atoms with van der Waals surface area (Å²) < 4.78 is 0. The van der Waals surface area contributed by atoms with Gasteiger partial charge in [0.15, 0.2) is 0 Å². The van der Waals surface area contributed by atoms with Crippen LogP contribution in [0.15, 0.2) is 12.2 Å². The molecule has 0 bridgehead atoms. The van der Waals surface area contributed by atoms with E-state index in [1.54, 1.807) is 0 Å². The van der Waals surface area contributed by atoms with E-state index < -0.39 is 0 Å². The largest absolute Gasteiger partial charge is 0.0998 e. The van der Waals surface area contributed by atoms with Gasteiger partial charge in [-0.1, -0.05) is 66.0 Å². The smallest absolute Gasteiger partial charge is 0.0157 e. The van der Waals surface area contributed by atoms with Gasteiger partial charge in [-0.15, -0.1) is 0 Å². The van der Waals surface area contributed by atoms with Crippen LogP contribution in [0.3, 0.4) is 0 Å². The van der Waals surface area contributed by atoms with Crippen LogP contribution in [-0.2, 0) is 0 Å². The van der Waals surface area contributed by atoms with Gasteiger partial charge in [0.05, 0.1) is 0 Å². The van der Waals surface area contributed by atoms with E-state index in [0.29, 0.717) is 11.3 Å². The molecule has 0 heteroatoms. The van der Waals surface area contributed by atoms with Gasteiger partial charge < -0.3 is 0 Å². The number of hydrogen-bond donors (Lipinski definition) is 0. The first-order chi connectivity index (χ1) is 8.25. The van der Waals surface area contributed by atoms with E-state index in [1.807, 2.05) is 0 Å². The third kappa shape index (κ3) is 4.14. The Labute approximate surface area is 115 Å². The molecule has 1 fully saturated rings. The Balaban J connectivity index is 2.70. The van der Waals surface area contributed by atoms with Crippen molar-refractivity contribution in [3.63, 3.8) is 0 Å². The Morgan fingerprint density at radius 1 is 1.28 bits per heavy atom. The lowest BCUT2D eigenvalue weighted by Crippen LogP contribution is -2.30. The van der Waals surface area contributed by atoms with Gasteiger partial charge in [0.2, 0.25) is 0 Å². The highest BCUT2D eigenvalue weighted by Crippen LogP contribution is 2.43. The van der Waals surface area contributed by atoms with Crippen LogP contribution >= 0.6 is 0 Å². The molecule has 0 amide bonds. The highest BCUT2D eigenvalue weighted by molar-refractivity contribution is 5.02. The van der Waals surface area contributed by atoms with Crippen LogP contribution in [0.4, 0.5) is 0 Å². The summed E-state index contributed by atoms with van der Waals surface area (Å²) in [7, 11) is 0. The molecule has 1 aliphatic carbocycles. The fraction of sp³-hybridized carbons (Fsp3) is 0.889. The van der Waals surface area contributed by atoms with Gasteiger partial charge in [0.1, 0.15) is 0 Å². The molecule has 0 spiro atoms. The monoisotopic (exact) mass is 250 g/mol. The van der Waals surface area contributed by atoms with Crippen LogP contribution < -0.4 is 0 Å². The standard InChI is InChI=1S/C18H34/c1-8-15-10-9-14(4)16(11-15)12-17(13(2)3)18(5,6)7/h14-17H,2,8-12H2,1,3-7H3. The molecule has 0 nitrogen and oxygen atoms in total. The average molecular weight is 250 g/mol. The molecule has 0 aromatic carbocycles. The molecule has 0 aliphatic heterocycles. The summed E-state index contributed by atoms with van der Waals surface area (Å²) in [5, 5.41) is 0. The second kappa shape index (κ2) is 6.26. The Kier molecular flexibility index (Phi) is 5.49. The molecule has 0 N–H and O–H groups in total. The number of allylic oxidation sites excluding steroid dienone is 1. The van der Waals surface area contributed by atoms with Gasteiger partial charge in [-0.25, -0.2) is 0 Å².